The van der Waals surface area contributed by atoms with Crippen LogP contribution in [0, 0.1) is 5.92 Å². The Hall–Kier alpha value is -0.470. The Morgan fingerprint density at radius 2 is 1.80 bits per heavy atom. The van der Waals surface area contributed by atoms with Crippen molar-refractivity contribution in [1.29, 1.82) is 0 Å². The van der Waals surface area contributed by atoms with Crippen molar-refractivity contribution in [3.8, 4) is 0 Å². The Bertz CT molecular complexity index is 223. The summed E-state index contributed by atoms with van der Waals surface area (Å²) in [5.74, 6) is 2.49. The smallest absolute Gasteiger partial charge is 0.0464 e. The van der Waals surface area contributed by atoms with Gasteiger partial charge >= 0.3 is 0 Å². The van der Waals surface area contributed by atoms with E-state index in [1.54, 1.807) is 0 Å². The molecule has 1 aromatic rings. The summed E-state index contributed by atoms with van der Waals surface area (Å²) in [6.07, 6.45) is 0. The lowest BCUT2D eigenvalue weighted by Crippen LogP contribution is -2.03. The molecule has 0 aliphatic heterocycles. The lowest BCUT2D eigenvalue weighted by Gasteiger charge is -2.06. The molecular formula is C13H22OS. The van der Waals surface area contributed by atoms with Crippen molar-refractivity contribution in [1.82, 2.24) is 0 Å². The molecule has 1 unspecified atom stereocenters. The fourth-order valence-corrected chi connectivity index (χ4v) is 2.06. The number of hydrogen-bond donors (Lipinski definition) is 1. The van der Waals surface area contributed by atoms with Crippen LogP contribution in [-0.2, 0) is 5.75 Å². The Labute approximate surface area is 97.9 Å². The molecule has 0 aliphatic carbocycles. The summed E-state index contributed by atoms with van der Waals surface area (Å²) in [7, 11) is 0. The van der Waals surface area contributed by atoms with Gasteiger partial charge in [0.1, 0.15) is 0 Å². The second kappa shape index (κ2) is 10.1. The highest BCUT2D eigenvalue weighted by Gasteiger charge is 1.99. The van der Waals surface area contributed by atoms with Crippen molar-refractivity contribution in [2.45, 2.75) is 26.5 Å². The van der Waals surface area contributed by atoms with E-state index in [9.17, 15) is 0 Å². The second-order valence-electron chi connectivity index (χ2n) is 3.29. The van der Waals surface area contributed by atoms with Crippen LogP contribution in [0.15, 0.2) is 30.3 Å². The third-order valence-electron chi connectivity index (χ3n) is 1.83. The molecule has 2 heteroatoms. The molecule has 1 nitrogen and oxygen atoms in total. The van der Waals surface area contributed by atoms with Crippen LogP contribution in [-0.4, -0.2) is 17.5 Å². The van der Waals surface area contributed by atoms with Gasteiger partial charge in [-0.2, -0.15) is 11.8 Å². The molecule has 0 spiro atoms. The molecule has 86 valence electrons. The Morgan fingerprint density at radius 3 is 2.33 bits per heavy atom. The highest BCUT2D eigenvalue weighted by molar-refractivity contribution is 7.98. The number of thioether (sulfide) groups is 1. The van der Waals surface area contributed by atoms with E-state index in [4.69, 9.17) is 5.11 Å². The molecule has 0 heterocycles. The third-order valence-corrected chi connectivity index (χ3v) is 3.17. The molecule has 1 atom stereocenters. The number of rotatable bonds is 5. The van der Waals surface area contributed by atoms with Crippen LogP contribution >= 0.6 is 11.8 Å². The van der Waals surface area contributed by atoms with E-state index in [0.29, 0.717) is 12.5 Å². The Morgan fingerprint density at radius 1 is 1.20 bits per heavy atom. The lowest BCUT2D eigenvalue weighted by molar-refractivity contribution is 0.250. The number of aliphatic hydroxyl groups is 1. The van der Waals surface area contributed by atoms with Crippen molar-refractivity contribution in [2.24, 2.45) is 5.92 Å². The van der Waals surface area contributed by atoms with Gasteiger partial charge in [0.05, 0.1) is 0 Å². The minimum atomic E-state index is 0.293. The van der Waals surface area contributed by atoms with Crippen LogP contribution < -0.4 is 0 Å². The van der Waals surface area contributed by atoms with Crippen molar-refractivity contribution in [2.75, 3.05) is 12.4 Å². The molecule has 0 bridgehead atoms. The minimum Gasteiger partial charge on any atom is -0.396 e. The highest BCUT2D eigenvalue weighted by atomic mass is 32.2. The monoisotopic (exact) mass is 226 g/mol. The first-order valence-electron chi connectivity index (χ1n) is 5.55. The number of benzene rings is 1. The zero-order valence-corrected chi connectivity index (χ0v) is 10.8. The van der Waals surface area contributed by atoms with Gasteiger partial charge in [-0.15, -0.1) is 0 Å². The van der Waals surface area contributed by atoms with E-state index in [0.717, 1.165) is 11.5 Å². The van der Waals surface area contributed by atoms with Crippen LogP contribution in [0.2, 0.25) is 0 Å². The van der Waals surface area contributed by atoms with E-state index in [-0.39, 0.29) is 0 Å². The molecule has 1 aromatic carbocycles. The fourth-order valence-electron chi connectivity index (χ4n) is 1.00. The maximum atomic E-state index is 8.82. The normalized spacial score (nSPS) is 11.5. The summed E-state index contributed by atoms with van der Waals surface area (Å²) in [4.78, 5) is 0. The van der Waals surface area contributed by atoms with Gasteiger partial charge in [0.25, 0.3) is 0 Å². The molecule has 0 saturated heterocycles. The maximum Gasteiger partial charge on any atom is 0.0464 e. The molecule has 0 fully saturated rings. The Kier molecular flexibility index (Phi) is 9.75. The number of hydrogen-bond acceptors (Lipinski definition) is 2. The van der Waals surface area contributed by atoms with E-state index in [1.807, 2.05) is 31.7 Å². The average Bonchev–Trinajstić information content (AvgIpc) is 2.33. The summed E-state index contributed by atoms with van der Waals surface area (Å²) in [5, 5.41) is 8.82. The standard InChI is InChI=1S/C11H16OS.C2H6/c1-10(7-12)8-13-9-11-5-3-2-4-6-11;1-2/h2-6,10,12H,7-9H2,1H3;1-2H3. The zero-order chi connectivity index (χ0) is 11.5. The van der Waals surface area contributed by atoms with Gasteiger partial charge in [0.2, 0.25) is 0 Å². The lowest BCUT2D eigenvalue weighted by atomic mass is 10.2. The SMILES string of the molecule is CC.CC(CO)CSCc1ccccc1. The predicted molar refractivity (Wildman–Crippen MR) is 70.2 cm³/mol. The van der Waals surface area contributed by atoms with Crippen molar-refractivity contribution < 1.29 is 5.11 Å². The van der Waals surface area contributed by atoms with Crippen molar-refractivity contribution in [3.63, 3.8) is 0 Å². The van der Waals surface area contributed by atoms with E-state index >= 15 is 0 Å². The van der Waals surface area contributed by atoms with Gasteiger partial charge < -0.3 is 5.11 Å². The first kappa shape index (κ1) is 14.5. The highest BCUT2D eigenvalue weighted by Crippen LogP contribution is 2.14. The summed E-state index contributed by atoms with van der Waals surface area (Å²) in [6.45, 7) is 6.36. The average molecular weight is 226 g/mol. The molecule has 0 radical (unpaired) electrons. The van der Waals surface area contributed by atoms with Crippen LogP contribution in [0.4, 0.5) is 0 Å². The van der Waals surface area contributed by atoms with E-state index < -0.39 is 0 Å². The largest absolute Gasteiger partial charge is 0.396 e. The van der Waals surface area contributed by atoms with Crippen LogP contribution in [0.5, 0.6) is 0 Å². The summed E-state index contributed by atoms with van der Waals surface area (Å²) >= 11 is 1.88. The molecule has 15 heavy (non-hydrogen) atoms. The molecule has 0 saturated carbocycles. The first-order valence-corrected chi connectivity index (χ1v) is 6.71. The van der Waals surface area contributed by atoms with Gasteiger partial charge in [-0.3, -0.25) is 0 Å². The molecular weight excluding hydrogens is 204 g/mol. The summed E-state index contributed by atoms with van der Waals surface area (Å²) < 4.78 is 0. The summed E-state index contributed by atoms with van der Waals surface area (Å²) in [6, 6.07) is 10.4. The second-order valence-corrected chi connectivity index (χ2v) is 4.32. The van der Waals surface area contributed by atoms with Gasteiger partial charge in [-0.1, -0.05) is 51.1 Å². The molecule has 0 aliphatic rings. The quantitative estimate of drug-likeness (QED) is 0.828. The predicted octanol–water partition coefficient (Wildman–Crippen LogP) is 3.57. The Balaban J connectivity index is 0.000000921. The van der Waals surface area contributed by atoms with Gasteiger partial charge in [0.15, 0.2) is 0 Å². The van der Waals surface area contributed by atoms with E-state index in [2.05, 4.69) is 31.2 Å². The molecule has 1 rings (SSSR count). The number of aliphatic hydroxyl groups excluding tert-OH is 1. The van der Waals surface area contributed by atoms with Gasteiger partial charge in [-0.25, -0.2) is 0 Å². The molecule has 1 N–H and O–H groups in total. The van der Waals surface area contributed by atoms with Crippen LogP contribution in [0.3, 0.4) is 0 Å². The molecule has 0 aromatic heterocycles. The summed E-state index contributed by atoms with van der Waals surface area (Å²) in [5.41, 5.74) is 1.36. The molecule has 0 amide bonds. The van der Waals surface area contributed by atoms with Gasteiger partial charge in [0, 0.05) is 12.4 Å². The van der Waals surface area contributed by atoms with Crippen molar-refractivity contribution >= 4 is 11.8 Å². The minimum absolute atomic E-state index is 0.293. The topological polar surface area (TPSA) is 20.2 Å². The van der Waals surface area contributed by atoms with Crippen LogP contribution in [0.25, 0.3) is 0 Å². The van der Waals surface area contributed by atoms with E-state index in [1.165, 1.54) is 5.56 Å². The first-order chi connectivity index (χ1) is 7.33. The van der Waals surface area contributed by atoms with Crippen molar-refractivity contribution in [3.05, 3.63) is 35.9 Å². The zero-order valence-electron chi connectivity index (χ0n) is 9.94. The third kappa shape index (κ3) is 7.46. The maximum absolute atomic E-state index is 8.82. The van der Waals surface area contributed by atoms with Gasteiger partial charge in [-0.05, 0) is 17.2 Å². The fraction of sp³-hybridized carbons (Fsp3) is 0.538. The van der Waals surface area contributed by atoms with Crippen LogP contribution in [0.1, 0.15) is 26.3 Å².